The summed E-state index contributed by atoms with van der Waals surface area (Å²) in [6.45, 7) is 7.43. The number of anilines is 1. The molecular weight excluding hydrogens is 644 g/mol. The van der Waals surface area contributed by atoms with E-state index in [1.54, 1.807) is 33.8 Å². The molecule has 0 spiro atoms. The summed E-state index contributed by atoms with van der Waals surface area (Å²) < 4.78 is 7.19. The van der Waals surface area contributed by atoms with Gasteiger partial charge in [-0.2, -0.15) is 5.10 Å². The highest BCUT2D eigenvalue weighted by atomic mass is 16.3. The summed E-state index contributed by atoms with van der Waals surface area (Å²) in [5.74, 6) is -0.659. The molecule has 0 aliphatic carbocycles. The maximum absolute atomic E-state index is 14.6. The van der Waals surface area contributed by atoms with E-state index in [0.29, 0.717) is 60.1 Å². The van der Waals surface area contributed by atoms with Gasteiger partial charge >= 0.3 is 0 Å². The van der Waals surface area contributed by atoms with Crippen LogP contribution < -0.4 is 5.32 Å². The smallest absolute Gasteiger partial charge is 0.278 e. The third kappa shape index (κ3) is 7.63. The van der Waals surface area contributed by atoms with E-state index < -0.39 is 11.9 Å². The highest BCUT2D eigenvalue weighted by Crippen LogP contribution is 2.30. The fourth-order valence-electron chi connectivity index (χ4n) is 6.50. The monoisotopic (exact) mass is 688 g/mol. The van der Waals surface area contributed by atoms with Crippen LogP contribution in [0.4, 0.5) is 5.69 Å². The van der Waals surface area contributed by atoms with Gasteiger partial charge in [-0.05, 0) is 61.6 Å². The van der Waals surface area contributed by atoms with Crippen LogP contribution in [0.5, 0.6) is 0 Å². The Morgan fingerprint density at radius 1 is 0.941 bits per heavy atom. The van der Waals surface area contributed by atoms with Crippen molar-refractivity contribution < 1.29 is 23.9 Å². The van der Waals surface area contributed by atoms with E-state index in [9.17, 15) is 19.5 Å². The highest BCUT2D eigenvalue weighted by Gasteiger charge is 2.32. The lowest BCUT2D eigenvalue weighted by atomic mass is 9.93. The predicted molar refractivity (Wildman–Crippen MR) is 195 cm³/mol. The molecule has 1 unspecified atom stereocenters. The second-order valence-electron chi connectivity index (χ2n) is 12.9. The van der Waals surface area contributed by atoms with Crippen molar-refractivity contribution in [2.45, 2.75) is 65.5 Å². The number of aromatic nitrogens is 3. The molecular formula is C40H44N6O5. The standard InChI is InChI=1S/C40H44N6O5/c1-4-6-19-44(20-7-5-2)40(50)34-21-27(3)46(43-34)35-18-17-31(42-38(48)36-37(51-26-41-36)28-13-9-8-10-14-28)23-33(35)39(49)45-24-30-16-12-11-15-29(30)22-32(45)25-47/h8-18,21,23,26,32,47H,4-7,19-20,22,24-25H2,1-3H3,(H,42,48). The number of unbranched alkanes of at least 4 members (excludes halogenated alkanes) is 2. The molecule has 1 aliphatic heterocycles. The minimum atomic E-state index is -0.503. The molecule has 6 rings (SSSR count). The minimum Gasteiger partial charge on any atom is -0.443 e. The summed E-state index contributed by atoms with van der Waals surface area (Å²) in [4.78, 5) is 49.6. The highest BCUT2D eigenvalue weighted by molar-refractivity contribution is 6.07. The molecule has 3 aromatic carbocycles. The van der Waals surface area contributed by atoms with Crippen molar-refractivity contribution >= 4 is 23.4 Å². The zero-order valence-electron chi connectivity index (χ0n) is 29.3. The minimum absolute atomic E-state index is 0.105. The fourth-order valence-corrected chi connectivity index (χ4v) is 6.50. The zero-order chi connectivity index (χ0) is 35.9. The number of carbonyl (C=O) groups excluding carboxylic acids is 3. The van der Waals surface area contributed by atoms with Crippen LogP contribution in [0.3, 0.4) is 0 Å². The zero-order valence-corrected chi connectivity index (χ0v) is 29.3. The van der Waals surface area contributed by atoms with Crippen molar-refractivity contribution in [3.63, 3.8) is 0 Å². The molecule has 1 aliphatic rings. The van der Waals surface area contributed by atoms with Crippen molar-refractivity contribution in [2.75, 3.05) is 25.0 Å². The van der Waals surface area contributed by atoms with Gasteiger partial charge in [0.25, 0.3) is 17.7 Å². The van der Waals surface area contributed by atoms with Gasteiger partial charge in [-0.15, -0.1) is 0 Å². The van der Waals surface area contributed by atoms with Gasteiger partial charge in [0.05, 0.1) is 23.9 Å². The number of nitrogens with zero attached hydrogens (tertiary/aromatic N) is 5. The Morgan fingerprint density at radius 3 is 2.35 bits per heavy atom. The topological polar surface area (TPSA) is 134 Å². The third-order valence-electron chi connectivity index (χ3n) is 9.32. The van der Waals surface area contributed by atoms with Gasteiger partial charge in [0.2, 0.25) is 0 Å². The third-order valence-corrected chi connectivity index (χ3v) is 9.32. The number of amides is 3. The normalized spacial score (nSPS) is 13.9. The second-order valence-corrected chi connectivity index (χ2v) is 12.9. The van der Waals surface area contributed by atoms with E-state index in [1.807, 2.05) is 66.4 Å². The Kier molecular flexibility index (Phi) is 11.1. The van der Waals surface area contributed by atoms with Crippen LogP contribution in [-0.4, -0.2) is 73.1 Å². The van der Waals surface area contributed by atoms with Gasteiger partial charge in [-0.3, -0.25) is 14.4 Å². The number of aliphatic hydroxyl groups is 1. The number of nitrogens with one attached hydrogen (secondary N) is 1. The maximum atomic E-state index is 14.6. The summed E-state index contributed by atoms with van der Waals surface area (Å²) in [5.41, 5.74) is 4.94. The van der Waals surface area contributed by atoms with Gasteiger partial charge < -0.3 is 24.6 Å². The quantitative estimate of drug-likeness (QED) is 0.141. The Morgan fingerprint density at radius 2 is 1.65 bits per heavy atom. The van der Waals surface area contributed by atoms with Gasteiger partial charge in [-0.1, -0.05) is 81.3 Å². The lowest BCUT2D eigenvalue weighted by Gasteiger charge is -2.36. The molecule has 3 heterocycles. The maximum Gasteiger partial charge on any atom is 0.278 e. The number of oxazole rings is 1. The molecule has 51 heavy (non-hydrogen) atoms. The van der Waals surface area contributed by atoms with Crippen LogP contribution >= 0.6 is 0 Å². The fraction of sp³-hybridized carbons (Fsp3) is 0.325. The molecule has 11 nitrogen and oxygen atoms in total. The van der Waals surface area contributed by atoms with E-state index >= 15 is 0 Å². The van der Waals surface area contributed by atoms with E-state index in [-0.39, 0.29) is 29.7 Å². The summed E-state index contributed by atoms with van der Waals surface area (Å²) in [7, 11) is 0. The molecule has 5 aromatic rings. The summed E-state index contributed by atoms with van der Waals surface area (Å²) >= 11 is 0. The van der Waals surface area contributed by atoms with Crippen molar-refractivity contribution in [3.8, 4) is 17.0 Å². The number of aryl methyl sites for hydroxylation is 1. The number of carbonyl (C=O) groups is 3. The van der Waals surface area contributed by atoms with Crippen LogP contribution in [-0.2, 0) is 13.0 Å². The van der Waals surface area contributed by atoms with Crippen molar-refractivity contribution in [2.24, 2.45) is 0 Å². The van der Waals surface area contributed by atoms with Crippen LogP contribution in [0.1, 0.15) is 87.7 Å². The van der Waals surface area contributed by atoms with Gasteiger partial charge in [0.1, 0.15) is 0 Å². The molecule has 2 N–H and O–H groups in total. The van der Waals surface area contributed by atoms with Gasteiger partial charge in [0.15, 0.2) is 23.5 Å². The van der Waals surface area contributed by atoms with E-state index in [4.69, 9.17) is 9.52 Å². The molecule has 3 amide bonds. The molecule has 2 aromatic heterocycles. The number of benzene rings is 3. The van der Waals surface area contributed by atoms with Crippen molar-refractivity contribution in [1.29, 1.82) is 0 Å². The Balaban J connectivity index is 1.38. The van der Waals surface area contributed by atoms with E-state index in [2.05, 4.69) is 24.1 Å². The van der Waals surface area contributed by atoms with Crippen molar-refractivity contribution in [1.82, 2.24) is 24.6 Å². The second kappa shape index (κ2) is 16.0. The van der Waals surface area contributed by atoms with E-state index in [0.717, 1.165) is 36.8 Å². The first-order valence-corrected chi connectivity index (χ1v) is 17.6. The first kappa shape index (κ1) is 35.3. The molecule has 0 bridgehead atoms. The largest absolute Gasteiger partial charge is 0.443 e. The lowest BCUT2D eigenvalue weighted by molar-refractivity contribution is 0.0544. The average molecular weight is 689 g/mol. The SMILES string of the molecule is CCCCN(CCCC)C(=O)c1cc(C)n(-c2ccc(NC(=O)c3ncoc3-c3ccccc3)cc2C(=O)N2Cc3ccccc3CC2CO)n1. The molecule has 0 saturated heterocycles. The van der Waals surface area contributed by atoms with Crippen LogP contribution in [0.25, 0.3) is 17.0 Å². The Hall–Kier alpha value is -5.55. The van der Waals surface area contributed by atoms with E-state index in [1.165, 1.54) is 6.39 Å². The van der Waals surface area contributed by atoms with Crippen LogP contribution in [0, 0.1) is 6.92 Å². The summed E-state index contributed by atoms with van der Waals surface area (Å²) in [6, 6.07) is 23.4. The molecule has 264 valence electrons. The number of aliphatic hydroxyl groups excluding tert-OH is 1. The predicted octanol–water partition coefficient (Wildman–Crippen LogP) is 6.69. The number of hydrogen-bond acceptors (Lipinski definition) is 7. The van der Waals surface area contributed by atoms with Crippen LogP contribution in [0.15, 0.2) is 89.7 Å². The molecule has 0 fully saturated rings. The molecule has 0 radical (unpaired) electrons. The van der Waals surface area contributed by atoms with Crippen LogP contribution in [0.2, 0.25) is 0 Å². The Bertz CT molecular complexity index is 1990. The summed E-state index contributed by atoms with van der Waals surface area (Å²) in [5, 5.41) is 18.1. The molecule has 11 heteroatoms. The van der Waals surface area contributed by atoms with Crippen molar-refractivity contribution in [3.05, 3.63) is 119 Å². The summed E-state index contributed by atoms with van der Waals surface area (Å²) in [6.07, 6.45) is 5.46. The number of rotatable bonds is 13. The molecule has 1 atom stereocenters. The average Bonchev–Trinajstić information content (AvgIpc) is 3.81. The molecule has 0 saturated carbocycles. The lowest BCUT2D eigenvalue weighted by Crippen LogP contribution is -2.46. The Labute approximate surface area is 297 Å². The first-order chi connectivity index (χ1) is 24.8. The number of fused-ring (bicyclic) bond motifs is 1. The number of hydrogen-bond donors (Lipinski definition) is 2. The van der Waals surface area contributed by atoms with Gasteiger partial charge in [-0.25, -0.2) is 9.67 Å². The van der Waals surface area contributed by atoms with Gasteiger partial charge in [0, 0.05) is 36.6 Å². The first-order valence-electron chi connectivity index (χ1n) is 17.6.